The number of benzene rings is 1. The summed E-state index contributed by atoms with van der Waals surface area (Å²) in [5.41, 5.74) is 1.14. The zero-order valence-electron chi connectivity index (χ0n) is 5.17. The molecule has 0 atom stereocenters. The van der Waals surface area contributed by atoms with E-state index in [1.54, 1.807) is 0 Å². The Morgan fingerprint density at radius 2 is 2.44 bits per heavy atom. The summed E-state index contributed by atoms with van der Waals surface area (Å²) >= 11 is 0. The monoisotopic (exact) mass is 121 g/mol. The lowest BCUT2D eigenvalue weighted by atomic mass is 10.2. The van der Waals surface area contributed by atoms with E-state index in [-0.39, 0.29) is 6.61 Å². The normalized spacial score (nSPS) is 9.44. The topological polar surface area (TPSA) is 20.2 Å². The predicted octanol–water partition coefficient (Wildman–Crippen LogP) is 1.02. The SMILES string of the molecule is OCCc1c[c]ccc1. The average Bonchev–Trinajstić information content (AvgIpc) is 1.91. The van der Waals surface area contributed by atoms with E-state index in [0.29, 0.717) is 0 Å². The summed E-state index contributed by atoms with van der Waals surface area (Å²) < 4.78 is 0. The molecule has 0 bridgehead atoms. The van der Waals surface area contributed by atoms with Gasteiger partial charge < -0.3 is 5.11 Å². The summed E-state index contributed by atoms with van der Waals surface area (Å²) in [6.45, 7) is 0.220. The minimum absolute atomic E-state index is 0.220. The molecule has 1 aromatic rings. The van der Waals surface area contributed by atoms with E-state index in [1.807, 2.05) is 24.3 Å². The maximum atomic E-state index is 8.51. The smallest absolute Gasteiger partial charge is 0.0471 e. The summed E-state index contributed by atoms with van der Waals surface area (Å²) in [5.74, 6) is 0. The Kier molecular flexibility index (Phi) is 2.28. The number of rotatable bonds is 2. The van der Waals surface area contributed by atoms with Crippen LogP contribution in [0.25, 0.3) is 0 Å². The Morgan fingerprint density at radius 3 is 3.00 bits per heavy atom. The van der Waals surface area contributed by atoms with Crippen molar-refractivity contribution in [3.05, 3.63) is 35.9 Å². The van der Waals surface area contributed by atoms with Gasteiger partial charge in [0.1, 0.15) is 0 Å². The first-order chi connectivity index (χ1) is 4.43. The van der Waals surface area contributed by atoms with Gasteiger partial charge in [-0.1, -0.05) is 24.3 Å². The van der Waals surface area contributed by atoms with Crippen molar-refractivity contribution in [3.63, 3.8) is 0 Å². The van der Waals surface area contributed by atoms with E-state index < -0.39 is 0 Å². The molecule has 0 saturated heterocycles. The predicted molar refractivity (Wildman–Crippen MR) is 36.1 cm³/mol. The lowest BCUT2D eigenvalue weighted by Crippen LogP contribution is -1.88. The van der Waals surface area contributed by atoms with Crippen LogP contribution in [-0.2, 0) is 6.42 Å². The number of hydrogen-bond acceptors (Lipinski definition) is 1. The fraction of sp³-hybridized carbons (Fsp3) is 0.250. The first-order valence-corrected chi connectivity index (χ1v) is 2.99. The third kappa shape index (κ3) is 1.86. The van der Waals surface area contributed by atoms with Crippen LogP contribution in [0.2, 0.25) is 0 Å². The molecule has 0 amide bonds. The fourth-order valence-electron chi connectivity index (χ4n) is 0.715. The van der Waals surface area contributed by atoms with Gasteiger partial charge >= 0.3 is 0 Å². The van der Waals surface area contributed by atoms with E-state index in [1.165, 1.54) is 0 Å². The molecule has 0 aliphatic heterocycles. The van der Waals surface area contributed by atoms with Crippen LogP contribution in [-0.4, -0.2) is 11.7 Å². The quantitative estimate of drug-likeness (QED) is 0.619. The van der Waals surface area contributed by atoms with Crippen molar-refractivity contribution in [3.8, 4) is 0 Å². The number of aliphatic hydroxyl groups is 1. The molecule has 0 aliphatic rings. The van der Waals surface area contributed by atoms with Crippen LogP contribution in [0.4, 0.5) is 0 Å². The molecule has 0 saturated carbocycles. The van der Waals surface area contributed by atoms with E-state index in [9.17, 15) is 0 Å². The van der Waals surface area contributed by atoms with Crippen molar-refractivity contribution in [1.82, 2.24) is 0 Å². The lowest BCUT2D eigenvalue weighted by Gasteiger charge is -1.93. The Balaban J connectivity index is 2.61. The highest BCUT2D eigenvalue weighted by atomic mass is 16.2. The lowest BCUT2D eigenvalue weighted by molar-refractivity contribution is 0.299. The Hall–Kier alpha value is -0.820. The standard InChI is InChI=1S/C8H9O/c9-7-6-8-4-2-1-3-5-8/h1-2,4-5,9H,6-7H2. The van der Waals surface area contributed by atoms with Gasteiger partial charge in [-0.15, -0.1) is 0 Å². The molecular formula is C8H9O. The highest BCUT2D eigenvalue weighted by Gasteiger charge is 1.85. The second-order valence-electron chi connectivity index (χ2n) is 1.89. The third-order valence-corrected chi connectivity index (χ3v) is 1.17. The molecule has 1 radical (unpaired) electrons. The van der Waals surface area contributed by atoms with Crippen molar-refractivity contribution < 1.29 is 5.11 Å². The van der Waals surface area contributed by atoms with Gasteiger partial charge in [0.15, 0.2) is 0 Å². The fourth-order valence-corrected chi connectivity index (χ4v) is 0.715. The van der Waals surface area contributed by atoms with Crippen LogP contribution >= 0.6 is 0 Å². The zero-order valence-corrected chi connectivity index (χ0v) is 5.17. The molecule has 0 aliphatic carbocycles. The zero-order chi connectivity index (χ0) is 6.53. The summed E-state index contributed by atoms with van der Waals surface area (Å²) in [6, 6.07) is 10.6. The Bertz CT molecular complexity index is 157. The summed E-state index contributed by atoms with van der Waals surface area (Å²) in [6.07, 6.45) is 0.733. The van der Waals surface area contributed by atoms with Crippen LogP contribution in [0.3, 0.4) is 0 Å². The van der Waals surface area contributed by atoms with E-state index in [2.05, 4.69) is 6.07 Å². The molecule has 9 heavy (non-hydrogen) atoms. The van der Waals surface area contributed by atoms with Gasteiger partial charge in [-0.2, -0.15) is 0 Å². The molecule has 0 fully saturated rings. The van der Waals surface area contributed by atoms with Crippen LogP contribution in [0.1, 0.15) is 5.56 Å². The molecule has 1 nitrogen and oxygen atoms in total. The van der Waals surface area contributed by atoms with Crippen molar-refractivity contribution in [2.45, 2.75) is 6.42 Å². The second kappa shape index (κ2) is 3.25. The van der Waals surface area contributed by atoms with E-state index in [4.69, 9.17) is 5.11 Å². The van der Waals surface area contributed by atoms with Gasteiger partial charge in [0.05, 0.1) is 0 Å². The molecule has 1 N–H and O–H groups in total. The molecule has 0 spiro atoms. The van der Waals surface area contributed by atoms with Gasteiger partial charge in [0, 0.05) is 6.61 Å². The molecule has 1 heteroatoms. The van der Waals surface area contributed by atoms with Crippen molar-refractivity contribution in [2.24, 2.45) is 0 Å². The summed E-state index contributed by atoms with van der Waals surface area (Å²) in [4.78, 5) is 0. The molecule has 0 unspecified atom stereocenters. The van der Waals surface area contributed by atoms with Crippen LogP contribution in [0, 0.1) is 6.07 Å². The minimum Gasteiger partial charge on any atom is -0.396 e. The molecule has 1 aromatic carbocycles. The maximum absolute atomic E-state index is 8.51. The van der Waals surface area contributed by atoms with Crippen LogP contribution in [0.15, 0.2) is 24.3 Å². The second-order valence-corrected chi connectivity index (χ2v) is 1.89. The molecule has 0 aromatic heterocycles. The van der Waals surface area contributed by atoms with Gasteiger partial charge in [-0.05, 0) is 18.1 Å². The molecule has 1 rings (SSSR count). The molecular weight excluding hydrogens is 112 g/mol. The van der Waals surface area contributed by atoms with Gasteiger partial charge in [0.25, 0.3) is 0 Å². The highest BCUT2D eigenvalue weighted by Crippen LogP contribution is 1.96. The maximum Gasteiger partial charge on any atom is 0.0471 e. The average molecular weight is 121 g/mol. The van der Waals surface area contributed by atoms with Gasteiger partial charge in [0.2, 0.25) is 0 Å². The van der Waals surface area contributed by atoms with E-state index in [0.717, 1.165) is 12.0 Å². The Morgan fingerprint density at radius 1 is 1.56 bits per heavy atom. The van der Waals surface area contributed by atoms with E-state index >= 15 is 0 Å². The first-order valence-electron chi connectivity index (χ1n) is 2.99. The van der Waals surface area contributed by atoms with Gasteiger partial charge in [-0.3, -0.25) is 0 Å². The first kappa shape index (κ1) is 6.30. The number of aliphatic hydroxyl groups excluding tert-OH is 1. The third-order valence-electron chi connectivity index (χ3n) is 1.17. The van der Waals surface area contributed by atoms with Gasteiger partial charge in [-0.25, -0.2) is 0 Å². The molecule has 0 heterocycles. The van der Waals surface area contributed by atoms with Crippen molar-refractivity contribution >= 4 is 0 Å². The summed E-state index contributed by atoms with van der Waals surface area (Å²) in [5, 5.41) is 8.51. The number of hydrogen-bond donors (Lipinski definition) is 1. The van der Waals surface area contributed by atoms with Crippen LogP contribution in [0.5, 0.6) is 0 Å². The van der Waals surface area contributed by atoms with Crippen LogP contribution < -0.4 is 0 Å². The van der Waals surface area contributed by atoms with Crippen molar-refractivity contribution in [1.29, 1.82) is 0 Å². The highest BCUT2D eigenvalue weighted by molar-refractivity contribution is 5.13. The Labute approximate surface area is 55.0 Å². The van der Waals surface area contributed by atoms with Crippen molar-refractivity contribution in [2.75, 3.05) is 6.61 Å². The summed E-state index contributed by atoms with van der Waals surface area (Å²) in [7, 11) is 0. The molecule has 47 valence electrons. The minimum atomic E-state index is 0.220. The largest absolute Gasteiger partial charge is 0.396 e.